The molecule has 0 radical (unpaired) electrons. The average Bonchev–Trinajstić information content (AvgIpc) is 2.68. The molecule has 1 aromatic carbocycles. The summed E-state index contributed by atoms with van der Waals surface area (Å²) in [6.45, 7) is 0.164. The average molecular weight is 367 g/mol. The van der Waals surface area contributed by atoms with E-state index in [1.165, 1.54) is 48.3 Å². The van der Waals surface area contributed by atoms with E-state index in [2.05, 4.69) is 10.3 Å². The normalized spacial score (nSPS) is 10.5. The number of aromatic nitrogens is 2. The van der Waals surface area contributed by atoms with Crippen LogP contribution in [0, 0.1) is 5.82 Å². The Morgan fingerprint density at radius 3 is 2.78 bits per heavy atom. The molecule has 1 N–H and O–H groups in total. The Kier molecular flexibility index (Phi) is 5.30. The lowest BCUT2D eigenvalue weighted by molar-refractivity contribution is 0.0950. The Hall–Kier alpha value is -3.48. The van der Waals surface area contributed by atoms with Crippen LogP contribution >= 0.6 is 0 Å². The van der Waals surface area contributed by atoms with Crippen LogP contribution in [0.15, 0.2) is 59.7 Å². The highest BCUT2D eigenvalue weighted by molar-refractivity contribution is 5.93. The minimum Gasteiger partial charge on any atom is -0.497 e. The van der Waals surface area contributed by atoms with E-state index < -0.39 is 5.82 Å². The molecule has 6 nitrogen and oxygen atoms in total. The molecule has 7 heteroatoms. The predicted molar refractivity (Wildman–Crippen MR) is 99.0 cm³/mol. The maximum Gasteiger partial charge on any atom is 0.253 e. The first kappa shape index (κ1) is 18.3. The molecule has 0 fully saturated rings. The van der Waals surface area contributed by atoms with Crippen LogP contribution in [0.2, 0.25) is 0 Å². The Bertz CT molecular complexity index is 1050. The van der Waals surface area contributed by atoms with Gasteiger partial charge in [-0.05, 0) is 35.9 Å². The largest absolute Gasteiger partial charge is 0.497 e. The van der Waals surface area contributed by atoms with Gasteiger partial charge < -0.3 is 14.6 Å². The Labute approximate surface area is 155 Å². The van der Waals surface area contributed by atoms with Crippen molar-refractivity contribution in [2.24, 2.45) is 7.05 Å². The maximum atomic E-state index is 14.2. The summed E-state index contributed by atoms with van der Waals surface area (Å²) in [4.78, 5) is 27.9. The van der Waals surface area contributed by atoms with E-state index in [4.69, 9.17) is 4.74 Å². The van der Waals surface area contributed by atoms with E-state index in [1.54, 1.807) is 25.2 Å². The fourth-order valence-corrected chi connectivity index (χ4v) is 2.65. The van der Waals surface area contributed by atoms with Gasteiger partial charge in [0.05, 0.1) is 12.7 Å². The minimum atomic E-state index is -0.462. The van der Waals surface area contributed by atoms with Crippen LogP contribution in [0.1, 0.15) is 15.9 Å². The van der Waals surface area contributed by atoms with Crippen LogP contribution in [-0.2, 0) is 13.6 Å². The molecule has 3 aromatic rings. The van der Waals surface area contributed by atoms with Crippen LogP contribution in [0.3, 0.4) is 0 Å². The second kappa shape index (κ2) is 7.82. The number of hydrogen-bond acceptors (Lipinski definition) is 4. The third-order valence-corrected chi connectivity index (χ3v) is 4.12. The molecule has 0 saturated carbocycles. The van der Waals surface area contributed by atoms with Crippen molar-refractivity contribution in [1.82, 2.24) is 14.9 Å². The van der Waals surface area contributed by atoms with E-state index in [0.29, 0.717) is 22.4 Å². The molecule has 27 heavy (non-hydrogen) atoms. The predicted octanol–water partition coefficient (Wildman–Crippen LogP) is 2.53. The van der Waals surface area contributed by atoms with Crippen molar-refractivity contribution < 1.29 is 13.9 Å². The number of hydrogen-bond donors (Lipinski definition) is 1. The molecule has 0 saturated heterocycles. The Morgan fingerprint density at radius 1 is 1.26 bits per heavy atom. The van der Waals surface area contributed by atoms with Crippen molar-refractivity contribution in [2.75, 3.05) is 7.11 Å². The van der Waals surface area contributed by atoms with Crippen LogP contribution in [0.5, 0.6) is 5.75 Å². The summed E-state index contributed by atoms with van der Waals surface area (Å²) in [5.74, 6) is -0.242. The molecule has 0 aliphatic heterocycles. The molecule has 0 aliphatic carbocycles. The summed E-state index contributed by atoms with van der Waals surface area (Å²) in [5, 5.41) is 2.78. The van der Waals surface area contributed by atoms with Gasteiger partial charge in [-0.1, -0.05) is 6.07 Å². The fraction of sp³-hybridized carbons (Fsp3) is 0.150. The maximum absolute atomic E-state index is 14.2. The topological polar surface area (TPSA) is 73.2 Å². The van der Waals surface area contributed by atoms with Crippen molar-refractivity contribution in [3.05, 3.63) is 82.2 Å². The molecule has 138 valence electrons. The second-order valence-corrected chi connectivity index (χ2v) is 5.91. The van der Waals surface area contributed by atoms with Crippen molar-refractivity contribution >= 4 is 5.91 Å². The highest BCUT2D eigenvalue weighted by Crippen LogP contribution is 2.28. The van der Waals surface area contributed by atoms with Gasteiger partial charge in [0.15, 0.2) is 0 Å². The molecule has 0 unspecified atom stereocenters. The van der Waals surface area contributed by atoms with Gasteiger partial charge in [-0.25, -0.2) is 4.39 Å². The summed E-state index contributed by atoms with van der Waals surface area (Å²) in [7, 11) is 3.10. The number of aryl methyl sites for hydroxylation is 1. The molecular weight excluding hydrogens is 349 g/mol. The fourth-order valence-electron chi connectivity index (χ4n) is 2.65. The standard InChI is InChI=1S/C20H18FN3O3/c1-24-12-14(6-8-18(24)25)20(26)23-11-13-5-7-15(27-2)10-16(13)19-17(21)4-3-9-22-19/h3-10,12H,11H2,1-2H3,(H,23,26). The number of amides is 1. The van der Waals surface area contributed by atoms with Gasteiger partial charge in [0.25, 0.3) is 5.91 Å². The van der Waals surface area contributed by atoms with Crippen LogP contribution in [-0.4, -0.2) is 22.6 Å². The van der Waals surface area contributed by atoms with Crippen LogP contribution in [0.25, 0.3) is 11.3 Å². The van der Waals surface area contributed by atoms with E-state index >= 15 is 0 Å². The van der Waals surface area contributed by atoms with Gasteiger partial charge in [0.1, 0.15) is 17.3 Å². The minimum absolute atomic E-state index is 0.164. The van der Waals surface area contributed by atoms with E-state index in [1.807, 2.05) is 0 Å². The lowest BCUT2D eigenvalue weighted by Crippen LogP contribution is -2.25. The monoisotopic (exact) mass is 367 g/mol. The van der Waals surface area contributed by atoms with Gasteiger partial charge in [0, 0.05) is 37.6 Å². The number of benzene rings is 1. The van der Waals surface area contributed by atoms with E-state index in [-0.39, 0.29) is 23.7 Å². The molecule has 2 aromatic heterocycles. The molecular formula is C20H18FN3O3. The van der Waals surface area contributed by atoms with Gasteiger partial charge >= 0.3 is 0 Å². The number of methoxy groups -OCH3 is 1. The SMILES string of the molecule is COc1ccc(CNC(=O)c2ccc(=O)n(C)c2)c(-c2ncccc2F)c1. The van der Waals surface area contributed by atoms with Crippen LogP contribution < -0.4 is 15.6 Å². The molecule has 2 heterocycles. The van der Waals surface area contributed by atoms with Crippen molar-refractivity contribution in [1.29, 1.82) is 0 Å². The van der Waals surface area contributed by atoms with Gasteiger partial charge in [-0.3, -0.25) is 14.6 Å². The summed E-state index contributed by atoms with van der Waals surface area (Å²) in [6, 6.07) is 10.8. The summed E-state index contributed by atoms with van der Waals surface area (Å²) in [5.41, 5.74) is 1.56. The lowest BCUT2D eigenvalue weighted by atomic mass is 10.0. The van der Waals surface area contributed by atoms with Gasteiger partial charge in [0.2, 0.25) is 5.56 Å². The zero-order valence-corrected chi connectivity index (χ0v) is 14.9. The van der Waals surface area contributed by atoms with Crippen molar-refractivity contribution in [3.63, 3.8) is 0 Å². The zero-order chi connectivity index (χ0) is 19.4. The molecule has 1 amide bonds. The number of halogens is 1. The third-order valence-electron chi connectivity index (χ3n) is 4.12. The highest BCUT2D eigenvalue weighted by atomic mass is 19.1. The number of carbonyl (C=O) groups excluding carboxylic acids is 1. The number of rotatable bonds is 5. The summed E-state index contributed by atoms with van der Waals surface area (Å²) < 4.78 is 20.8. The second-order valence-electron chi connectivity index (χ2n) is 5.91. The lowest BCUT2D eigenvalue weighted by Gasteiger charge is -2.13. The number of ether oxygens (including phenoxy) is 1. The highest BCUT2D eigenvalue weighted by Gasteiger charge is 2.14. The number of nitrogens with zero attached hydrogens (tertiary/aromatic N) is 2. The molecule has 0 bridgehead atoms. The van der Waals surface area contributed by atoms with Crippen molar-refractivity contribution in [2.45, 2.75) is 6.54 Å². The molecule has 0 atom stereocenters. The summed E-state index contributed by atoms with van der Waals surface area (Å²) in [6.07, 6.45) is 2.97. The first-order valence-electron chi connectivity index (χ1n) is 8.22. The van der Waals surface area contributed by atoms with E-state index in [0.717, 1.165) is 0 Å². The van der Waals surface area contributed by atoms with Crippen molar-refractivity contribution in [3.8, 4) is 17.0 Å². The van der Waals surface area contributed by atoms with Gasteiger partial charge in [-0.2, -0.15) is 0 Å². The third kappa shape index (κ3) is 4.03. The Morgan fingerprint density at radius 2 is 2.07 bits per heavy atom. The first-order chi connectivity index (χ1) is 13.0. The van der Waals surface area contributed by atoms with Gasteiger partial charge in [-0.15, -0.1) is 0 Å². The van der Waals surface area contributed by atoms with Crippen LogP contribution in [0.4, 0.5) is 4.39 Å². The number of carbonyl (C=O) groups is 1. The number of pyridine rings is 2. The quantitative estimate of drug-likeness (QED) is 0.752. The molecule has 0 aliphatic rings. The smallest absolute Gasteiger partial charge is 0.253 e. The molecule has 0 spiro atoms. The molecule has 3 rings (SSSR count). The Balaban J connectivity index is 1.88. The first-order valence-corrected chi connectivity index (χ1v) is 8.22. The van der Waals surface area contributed by atoms with E-state index in [9.17, 15) is 14.0 Å². The summed E-state index contributed by atoms with van der Waals surface area (Å²) >= 11 is 0. The zero-order valence-electron chi connectivity index (χ0n) is 14.9. The number of nitrogens with one attached hydrogen (secondary N) is 1.